The Morgan fingerprint density at radius 1 is 1.42 bits per heavy atom. The average molecular weight is 269 g/mol. The quantitative estimate of drug-likeness (QED) is 0.819. The van der Waals surface area contributed by atoms with E-state index in [1.165, 1.54) is 6.42 Å². The van der Waals surface area contributed by atoms with Gasteiger partial charge in [-0.2, -0.15) is 0 Å². The third-order valence-electron chi connectivity index (χ3n) is 4.77. The van der Waals surface area contributed by atoms with Crippen molar-refractivity contribution in [2.45, 2.75) is 64.1 Å². The highest BCUT2D eigenvalue weighted by Gasteiger charge is 2.34. The zero-order valence-electron chi connectivity index (χ0n) is 12.2. The van der Waals surface area contributed by atoms with E-state index in [0.29, 0.717) is 13.2 Å². The summed E-state index contributed by atoms with van der Waals surface area (Å²) in [5.74, 6) is 0.751. The predicted octanol–water partition coefficient (Wildman–Crippen LogP) is 1.86. The molecule has 0 aromatic carbocycles. The van der Waals surface area contributed by atoms with Crippen molar-refractivity contribution in [1.82, 2.24) is 5.32 Å². The molecule has 4 nitrogen and oxygen atoms in total. The van der Waals surface area contributed by atoms with Crippen LogP contribution in [0.3, 0.4) is 0 Å². The van der Waals surface area contributed by atoms with Crippen LogP contribution in [-0.2, 0) is 9.53 Å². The van der Waals surface area contributed by atoms with Crippen LogP contribution in [0.15, 0.2) is 0 Å². The third kappa shape index (κ3) is 3.93. The fourth-order valence-corrected chi connectivity index (χ4v) is 3.20. The van der Waals surface area contributed by atoms with Crippen LogP contribution in [-0.4, -0.2) is 35.9 Å². The third-order valence-corrected chi connectivity index (χ3v) is 4.77. The van der Waals surface area contributed by atoms with Gasteiger partial charge < -0.3 is 15.2 Å². The highest BCUT2D eigenvalue weighted by molar-refractivity contribution is 5.79. The summed E-state index contributed by atoms with van der Waals surface area (Å²) in [6, 6.07) is 0. The average Bonchev–Trinajstić information content (AvgIpc) is 2.84. The van der Waals surface area contributed by atoms with E-state index in [0.717, 1.165) is 38.0 Å². The van der Waals surface area contributed by atoms with Crippen LogP contribution in [0.4, 0.5) is 0 Å². The van der Waals surface area contributed by atoms with E-state index in [2.05, 4.69) is 12.2 Å². The molecule has 110 valence electrons. The van der Waals surface area contributed by atoms with Crippen LogP contribution in [0.2, 0.25) is 0 Å². The molecule has 1 saturated carbocycles. The van der Waals surface area contributed by atoms with Crippen LogP contribution in [0.1, 0.15) is 52.4 Å². The molecule has 2 aliphatic rings. The maximum Gasteiger partial charge on any atom is 0.225 e. The predicted molar refractivity (Wildman–Crippen MR) is 73.7 cm³/mol. The topological polar surface area (TPSA) is 58.6 Å². The summed E-state index contributed by atoms with van der Waals surface area (Å²) in [5.41, 5.74) is -0.688. The maximum atomic E-state index is 12.0. The van der Waals surface area contributed by atoms with Crippen molar-refractivity contribution < 1.29 is 14.6 Å². The summed E-state index contributed by atoms with van der Waals surface area (Å²) in [4.78, 5) is 12.0. The summed E-state index contributed by atoms with van der Waals surface area (Å²) in [6.45, 7) is 5.11. The first kappa shape index (κ1) is 14.8. The molecule has 2 rings (SSSR count). The van der Waals surface area contributed by atoms with Gasteiger partial charge >= 0.3 is 0 Å². The molecule has 0 aromatic rings. The first-order valence-electron chi connectivity index (χ1n) is 7.64. The van der Waals surface area contributed by atoms with E-state index < -0.39 is 5.60 Å². The summed E-state index contributed by atoms with van der Waals surface area (Å²) >= 11 is 0. The van der Waals surface area contributed by atoms with Crippen LogP contribution >= 0.6 is 0 Å². The van der Waals surface area contributed by atoms with Gasteiger partial charge in [-0.1, -0.05) is 13.3 Å². The normalized spacial score (nSPS) is 39.2. The second-order valence-corrected chi connectivity index (χ2v) is 6.37. The Morgan fingerprint density at radius 2 is 2.11 bits per heavy atom. The molecule has 1 aliphatic carbocycles. The molecule has 1 heterocycles. The zero-order valence-corrected chi connectivity index (χ0v) is 12.2. The summed E-state index contributed by atoms with van der Waals surface area (Å²) < 4.78 is 5.41. The molecule has 0 spiro atoms. The summed E-state index contributed by atoms with van der Waals surface area (Å²) in [5, 5.41) is 13.4. The molecule has 4 heteroatoms. The van der Waals surface area contributed by atoms with Gasteiger partial charge in [0.1, 0.15) is 0 Å². The maximum absolute atomic E-state index is 12.0. The minimum atomic E-state index is -0.688. The molecular formula is C15H27NO3. The number of ether oxygens (including phenoxy) is 1. The molecule has 0 radical (unpaired) electrons. The van der Waals surface area contributed by atoms with E-state index in [9.17, 15) is 9.90 Å². The van der Waals surface area contributed by atoms with Crippen LogP contribution in [0.25, 0.3) is 0 Å². The highest BCUT2D eigenvalue weighted by atomic mass is 16.5. The highest BCUT2D eigenvalue weighted by Crippen LogP contribution is 2.33. The lowest BCUT2D eigenvalue weighted by atomic mass is 9.78. The molecule has 2 atom stereocenters. The van der Waals surface area contributed by atoms with Gasteiger partial charge in [0, 0.05) is 6.54 Å². The molecule has 2 unspecified atom stereocenters. The van der Waals surface area contributed by atoms with Crippen molar-refractivity contribution in [1.29, 1.82) is 0 Å². The monoisotopic (exact) mass is 269 g/mol. The van der Waals surface area contributed by atoms with Gasteiger partial charge in [0.15, 0.2) is 0 Å². The van der Waals surface area contributed by atoms with Gasteiger partial charge in [0.2, 0.25) is 5.91 Å². The standard InChI is InChI=1S/C15H27NO3/c1-3-12-4-6-15(18,7-5-12)10-16-14(17)13-8-11(2)19-9-13/h11-13,18H,3-10H2,1-2H3,(H,16,17). The number of amides is 1. The van der Waals surface area contributed by atoms with Crippen molar-refractivity contribution in [3.8, 4) is 0 Å². The lowest BCUT2D eigenvalue weighted by molar-refractivity contribution is -0.126. The minimum Gasteiger partial charge on any atom is -0.388 e. The Morgan fingerprint density at radius 3 is 2.63 bits per heavy atom. The van der Waals surface area contributed by atoms with Gasteiger partial charge in [-0.15, -0.1) is 0 Å². The summed E-state index contributed by atoms with van der Waals surface area (Å²) in [7, 11) is 0. The molecule has 0 aromatic heterocycles. The Hall–Kier alpha value is -0.610. The number of hydrogen-bond acceptors (Lipinski definition) is 3. The number of carbonyl (C=O) groups is 1. The second kappa shape index (κ2) is 6.23. The van der Waals surface area contributed by atoms with Crippen molar-refractivity contribution in [2.75, 3.05) is 13.2 Å². The van der Waals surface area contributed by atoms with Gasteiger partial charge in [-0.3, -0.25) is 4.79 Å². The Bertz CT molecular complexity index is 311. The Balaban J connectivity index is 1.74. The van der Waals surface area contributed by atoms with Crippen molar-refractivity contribution >= 4 is 5.91 Å². The van der Waals surface area contributed by atoms with Crippen LogP contribution in [0, 0.1) is 11.8 Å². The van der Waals surface area contributed by atoms with E-state index in [1.807, 2.05) is 6.92 Å². The Labute approximate surface area is 115 Å². The molecule has 0 bridgehead atoms. The van der Waals surface area contributed by atoms with Crippen molar-refractivity contribution in [3.05, 3.63) is 0 Å². The van der Waals surface area contributed by atoms with Crippen molar-refractivity contribution in [3.63, 3.8) is 0 Å². The number of carbonyl (C=O) groups excluding carboxylic acids is 1. The molecule has 1 amide bonds. The van der Waals surface area contributed by atoms with Crippen LogP contribution < -0.4 is 5.32 Å². The minimum absolute atomic E-state index is 0.0365. The zero-order chi connectivity index (χ0) is 13.9. The van der Waals surface area contributed by atoms with Gasteiger partial charge in [-0.05, 0) is 44.9 Å². The number of nitrogens with one attached hydrogen (secondary N) is 1. The number of aliphatic hydroxyl groups is 1. The largest absolute Gasteiger partial charge is 0.388 e. The van der Waals surface area contributed by atoms with E-state index >= 15 is 0 Å². The molecule has 2 fully saturated rings. The SMILES string of the molecule is CCC1CCC(O)(CNC(=O)C2COC(C)C2)CC1. The first-order valence-corrected chi connectivity index (χ1v) is 7.64. The Kier molecular flexibility index (Phi) is 4.85. The molecular weight excluding hydrogens is 242 g/mol. The van der Waals surface area contributed by atoms with E-state index in [-0.39, 0.29) is 17.9 Å². The van der Waals surface area contributed by atoms with Crippen LogP contribution in [0.5, 0.6) is 0 Å². The molecule has 2 N–H and O–H groups in total. The fraction of sp³-hybridized carbons (Fsp3) is 0.933. The molecule has 1 aliphatic heterocycles. The lowest BCUT2D eigenvalue weighted by Gasteiger charge is -2.36. The van der Waals surface area contributed by atoms with E-state index in [4.69, 9.17) is 4.74 Å². The first-order chi connectivity index (χ1) is 9.02. The number of hydrogen-bond donors (Lipinski definition) is 2. The smallest absolute Gasteiger partial charge is 0.225 e. The second-order valence-electron chi connectivity index (χ2n) is 6.37. The molecule has 19 heavy (non-hydrogen) atoms. The van der Waals surface area contributed by atoms with Gasteiger partial charge in [0.05, 0.1) is 24.2 Å². The van der Waals surface area contributed by atoms with Gasteiger partial charge in [-0.25, -0.2) is 0 Å². The summed E-state index contributed by atoms with van der Waals surface area (Å²) in [6.07, 6.45) is 5.94. The van der Waals surface area contributed by atoms with Crippen molar-refractivity contribution in [2.24, 2.45) is 11.8 Å². The molecule has 1 saturated heterocycles. The number of rotatable bonds is 4. The lowest BCUT2D eigenvalue weighted by Crippen LogP contribution is -2.46. The fourth-order valence-electron chi connectivity index (χ4n) is 3.20. The van der Waals surface area contributed by atoms with E-state index in [1.54, 1.807) is 0 Å². The van der Waals surface area contributed by atoms with Gasteiger partial charge in [0.25, 0.3) is 0 Å².